The molecular formula is C94H184O17P2. The van der Waals surface area contributed by atoms with Gasteiger partial charge in [0, 0.05) is 25.7 Å². The van der Waals surface area contributed by atoms with Gasteiger partial charge in [-0.1, -0.05) is 459 Å². The zero-order valence-electron chi connectivity index (χ0n) is 74.7. The zero-order chi connectivity index (χ0) is 82.7. The Hall–Kier alpha value is -1.94. The summed E-state index contributed by atoms with van der Waals surface area (Å²) >= 11 is 0. The van der Waals surface area contributed by atoms with E-state index in [1.54, 1.807) is 0 Å². The second kappa shape index (κ2) is 85.1. The van der Waals surface area contributed by atoms with E-state index in [0.29, 0.717) is 25.7 Å². The third-order valence-corrected chi connectivity index (χ3v) is 24.5. The largest absolute Gasteiger partial charge is 0.472 e. The van der Waals surface area contributed by atoms with Crippen molar-refractivity contribution in [2.45, 2.75) is 529 Å². The number of hydrogen-bond donors (Lipinski definition) is 3. The Morgan fingerprint density at radius 3 is 0.673 bits per heavy atom. The molecule has 0 saturated heterocycles. The number of phosphoric ester groups is 2. The minimum Gasteiger partial charge on any atom is -0.462 e. The van der Waals surface area contributed by atoms with Crippen LogP contribution in [0, 0.1) is 11.8 Å². The highest BCUT2D eigenvalue weighted by Gasteiger charge is 2.31. The number of aliphatic hydroxyl groups is 1. The second-order valence-corrected chi connectivity index (χ2v) is 37.4. The van der Waals surface area contributed by atoms with E-state index in [1.807, 2.05) is 0 Å². The van der Waals surface area contributed by atoms with Crippen molar-refractivity contribution in [2.24, 2.45) is 11.8 Å². The fourth-order valence-corrected chi connectivity index (χ4v) is 16.4. The van der Waals surface area contributed by atoms with Gasteiger partial charge in [-0.05, 0) is 37.5 Å². The molecule has 0 spiro atoms. The number of carbonyl (C=O) groups is 4. The van der Waals surface area contributed by atoms with E-state index >= 15 is 0 Å². The Bertz CT molecular complexity index is 2150. The topological polar surface area (TPSA) is 237 Å². The van der Waals surface area contributed by atoms with Gasteiger partial charge in [-0.2, -0.15) is 0 Å². The van der Waals surface area contributed by atoms with Crippen LogP contribution in [0.25, 0.3) is 0 Å². The van der Waals surface area contributed by atoms with Crippen LogP contribution in [0.3, 0.4) is 0 Å². The normalized spacial score (nSPS) is 13.9. The molecule has 0 aliphatic carbocycles. The van der Waals surface area contributed by atoms with Crippen molar-refractivity contribution in [1.29, 1.82) is 0 Å². The fourth-order valence-electron chi connectivity index (χ4n) is 14.8. The summed E-state index contributed by atoms with van der Waals surface area (Å²) in [6.07, 6.45) is 80.5. The van der Waals surface area contributed by atoms with Crippen LogP contribution >= 0.6 is 15.6 Å². The summed E-state index contributed by atoms with van der Waals surface area (Å²) in [5, 5.41) is 10.7. The zero-order valence-corrected chi connectivity index (χ0v) is 76.5. The van der Waals surface area contributed by atoms with Gasteiger partial charge in [0.15, 0.2) is 12.2 Å². The number of aliphatic hydroxyl groups excluding tert-OH is 1. The van der Waals surface area contributed by atoms with Gasteiger partial charge < -0.3 is 33.8 Å². The van der Waals surface area contributed by atoms with Crippen molar-refractivity contribution in [1.82, 2.24) is 0 Å². The molecule has 6 atom stereocenters. The molecule has 672 valence electrons. The lowest BCUT2D eigenvalue weighted by Crippen LogP contribution is -2.30. The molecule has 0 aliphatic heterocycles. The van der Waals surface area contributed by atoms with E-state index in [2.05, 4.69) is 41.5 Å². The predicted octanol–water partition coefficient (Wildman–Crippen LogP) is 29.4. The average Bonchev–Trinajstić information content (AvgIpc) is 0.897. The molecule has 3 N–H and O–H groups in total. The van der Waals surface area contributed by atoms with Crippen molar-refractivity contribution >= 4 is 39.5 Å². The molecule has 0 aromatic rings. The molecule has 0 rings (SSSR count). The second-order valence-electron chi connectivity index (χ2n) is 34.5. The molecule has 3 unspecified atom stereocenters. The van der Waals surface area contributed by atoms with Gasteiger partial charge in [-0.3, -0.25) is 37.3 Å². The van der Waals surface area contributed by atoms with Crippen molar-refractivity contribution in [3.63, 3.8) is 0 Å². The predicted molar refractivity (Wildman–Crippen MR) is 469 cm³/mol. The summed E-state index contributed by atoms with van der Waals surface area (Å²) in [5.41, 5.74) is 0. The van der Waals surface area contributed by atoms with Gasteiger partial charge in [0.1, 0.15) is 19.3 Å². The summed E-state index contributed by atoms with van der Waals surface area (Å²) in [4.78, 5) is 73.5. The van der Waals surface area contributed by atoms with Gasteiger partial charge in [0.2, 0.25) is 0 Å². The Morgan fingerprint density at radius 1 is 0.257 bits per heavy atom. The van der Waals surface area contributed by atoms with Crippen LogP contribution in [0.15, 0.2) is 0 Å². The van der Waals surface area contributed by atoms with Crippen LogP contribution in [-0.2, 0) is 65.4 Å². The van der Waals surface area contributed by atoms with E-state index in [4.69, 9.17) is 37.0 Å². The standard InChI is InChI=1S/C94H184O17P2/c1-7-10-12-14-16-18-20-22-23-24-31-37-42-48-54-60-66-72-78-93(98)110-89(82-104-91(96)76-70-64-58-52-46-21-19-17-15-13-11-8-2)84-108-112(100,101)106-80-88(95)81-107-113(102,103)109-85-90(83-105-92(97)77-71-65-59-53-47-41-36-32-27-25-29-34-39-44-50-56-62-68-74-86(4)5)111-94(99)79-73-67-61-55-49-43-38-33-28-26-30-35-40-45-51-57-63-69-75-87(6)9-3/h86-90,95H,7-85H2,1-6H3,(H,100,101)(H,102,103)/t87?,88-,89+,90+/m0/s1. The molecule has 0 fully saturated rings. The monoisotopic (exact) mass is 1650 g/mol. The number of ether oxygens (including phenoxy) is 4. The minimum atomic E-state index is -4.97. The third kappa shape index (κ3) is 86.3. The quantitative estimate of drug-likeness (QED) is 0.0222. The first-order valence-corrected chi connectivity index (χ1v) is 51.5. The minimum absolute atomic E-state index is 0.109. The van der Waals surface area contributed by atoms with Gasteiger partial charge in [0.25, 0.3) is 0 Å². The van der Waals surface area contributed by atoms with Crippen molar-refractivity contribution in [3.8, 4) is 0 Å². The number of esters is 4. The highest BCUT2D eigenvalue weighted by molar-refractivity contribution is 7.47. The molecule has 17 nitrogen and oxygen atoms in total. The Balaban J connectivity index is 5.24. The molecule has 0 radical (unpaired) electrons. The fraction of sp³-hybridized carbons (Fsp3) is 0.957. The maximum absolute atomic E-state index is 13.2. The van der Waals surface area contributed by atoms with Crippen LogP contribution < -0.4 is 0 Å². The first-order valence-electron chi connectivity index (χ1n) is 48.5. The molecule has 0 aromatic carbocycles. The molecular weight excluding hydrogens is 1460 g/mol. The van der Waals surface area contributed by atoms with E-state index in [-0.39, 0.29) is 25.7 Å². The Morgan fingerprint density at radius 2 is 0.451 bits per heavy atom. The van der Waals surface area contributed by atoms with Gasteiger partial charge in [-0.25, -0.2) is 9.13 Å². The molecule has 0 amide bonds. The highest BCUT2D eigenvalue weighted by atomic mass is 31.2. The number of hydrogen-bond acceptors (Lipinski definition) is 15. The van der Waals surface area contributed by atoms with Crippen LogP contribution in [-0.4, -0.2) is 96.7 Å². The van der Waals surface area contributed by atoms with Crippen LogP contribution in [0.1, 0.15) is 510 Å². The molecule has 19 heteroatoms. The lowest BCUT2D eigenvalue weighted by molar-refractivity contribution is -0.161. The van der Waals surface area contributed by atoms with Crippen LogP contribution in [0.4, 0.5) is 0 Å². The molecule has 0 bridgehead atoms. The molecule has 0 heterocycles. The van der Waals surface area contributed by atoms with Gasteiger partial charge in [-0.15, -0.1) is 0 Å². The van der Waals surface area contributed by atoms with Crippen LogP contribution in [0.5, 0.6) is 0 Å². The average molecular weight is 1650 g/mol. The van der Waals surface area contributed by atoms with Crippen molar-refractivity contribution in [2.75, 3.05) is 39.6 Å². The third-order valence-electron chi connectivity index (χ3n) is 22.6. The van der Waals surface area contributed by atoms with E-state index in [0.717, 1.165) is 102 Å². The van der Waals surface area contributed by atoms with Crippen LogP contribution in [0.2, 0.25) is 0 Å². The molecule has 0 saturated carbocycles. The van der Waals surface area contributed by atoms with E-state index < -0.39 is 97.5 Å². The van der Waals surface area contributed by atoms with Crippen molar-refractivity contribution in [3.05, 3.63) is 0 Å². The summed E-state index contributed by atoms with van der Waals surface area (Å²) in [6.45, 7) is 9.83. The number of rotatable bonds is 93. The number of unbranched alkanes of at least 4 members (excludes halogenated alkanes) is 62. The SMILES string of the molecule is CCCCCCCCCCCCCCCCCCCCC(=O)O[C@H](COC(=O)CCCCCCCCCCCCCC)COP(=O)(O)OC[C@H](O)COP(=O)(O)OC[C@@H](COC(=O)CCCCCCCCCCCCCCCCCCCCC(C)C)OC(=O)CCCCCCCCCCCCCCCCCCCCC(C)CC. The smallest absolute Gasteiger partial charge is 0.462 e. The van der Waals surface area contributed by atoms with E-state index in [9.17, 15) is 43.2 Å². The molecule has 113 heavy (non-hydrogen) atoms. The first-order chi connectivity index (χ1) is 54.9. The molecule has 0 aromatic heterocycles. The lowest BCUT2D eigenvalue weighted by Gasteiger charge is -2.21. The summed E-state index contributed by atoms with van der Waals surface area (Å²) in [6, 6.07) is 0. The number of carbonyl (C=O) groups excluding carboxylic acids is 4. The summed E-state index contributed by atoms with van der Waals surface area (Å²) < 4.78 is 69.2. The summed E-state index contributed by atoms with van der Waals surface area (Å²) in [7, 11) is -9.94. The Labute approximate surface area is 696 Å². The Kier molecular flexibility index (Phi) is 83.6. The number of phosphoric acid groups is 2. The lowest BCUT2D eigenvalue weighted by atomic mass is 9.99. The summed E-state index contributed by atoms with van der Waals surface area (Å²) in [5.74, 6) is -0.396. The van der Waals surface area contributed by atoms with E-state index in [1.165, 1.54) is 327 Å². The van der Waals surface area contributed by atoms with Crippen molar-refractivity contribution < 1.29 is 80.2 Å². The maximum Gasteiger partial charge on any atom is 0.472 e. The maximum atomic E-state index is 13.2. The highest BCUT2D eigenvalue weighted by Crippen LogP contribution is 2.45. The van der Waals surface area contributed by atoms with Gasteiger partial charge >= 0.3 is 39.5 Å². The van der Waals surface area contributed by atoms with Gasteiger partial charge in [0.05, 0.1) is 26.4 Å². The molecule has 0 aliphatic rings. The first kappa shape index (κ1) is 111.